The molecule has 2 rings (SSSR count). The number of hydrogen-bond acceptors (Lipinski definition) is 4. The minimum atomic E-state index is 0.379. The van der Waals surface area contributed by atoms with Crippen LogP contribution >= 0.6 is 23.8 Å². The molecule has 92 valence electrons. The fourth-order valence-electron chi connectivity index (χ4n) is 1.52. The van der Waals surface area contributed by atoms with Crippen molar-refractivity contribution >= 4 is 40.3 Å². The van der Waals surface area contributed by atoms with Crippen molar-refractivity contribution < 1.29 is 0 Å². The van der Waals surface area contributed by atoms with Gasteiger partial charge in [-0.1, -0.05) is 23.8 Å². The van der Waals surface area contributed by atoms with E-state index in [1.165, 1.54) is 6.33 Å². The molecule has 0 aliphatic carbocycles. The van der Waals surface area contributed by atoms with Crippen LogP contribution in [-0.2, 0) is 0 Å². The molecule has 6 heteroatoms. The molecule has 4 nitrogen and oxygen atoms in total. The molecule has 0 radical (unpaired) electrons. The average Bonchev–Trinajstić information content (AvgIpc) is 2.38. The SMILES string of the molecule is CN(c1ccc(C(N)=S)cc1)c1ncncc1Cl. The van der Waals surface area contributed by atoms with E-state index in [4.69, 9.17) is 29.6 Å². The van der Waals surface area contributed by atoms with Crippen LogP contribution < -0.4 is 10.6 Å². The van der Waals surface area contributed by atoms with Gasteiger partial charge in [-0.2, -0.15) is 0 Å². The Bertz CT molecular complexity index is 571. The second-order valence-corrected chi connectivity index (χ2v) is 4.51. The van der Waals surface area contributed by atoms with Gasteiger partial charge in [-0.05, 0) is 24.3 Å². The van der Waals surface area contributed by atoms with Crippen LogP contribution in [-0.4, -0.2) is 22.0 Å². The van der Waals surface area contributed by atoms with Gasteiger partial charge in [0.25, 0.3) is 0 Å². The van der Waals surface area contributed by atoms with Crippen LogP contribution in [0.15, 0.2) is 36.8 Å². The van der Waals surface area contributed by atoms with Crippen LogP contribution in [0.25, 0.3) is 0 Å². The highest BCUT2D eigenvalue weighted by Gasteiger charge is 2.09. The summed E-state index contributed by atoms with van der Waals surface area (Å²) in [5.41, 5.74) is 7.32. The van der Waals surface area contributed by atoms with Gasteiger partial charge in [-0.15, -0.1) is 0 Å². The highest BCUT2D eigenvalue weighted by atomic mass is 35.5. The lowest BCUT2D eigenvalue weighted by Gasteiger charge is -2.19. The van der Waals surface area contributed by atoms with Crippen molar-refractivity contribution in [2.45, 2.75) is 0 Å². The van der Waals surface area contributed by atoms with E-state index in [0.29, 0.717) is 15.8 Å². The summed E-state index contributed by atoms with van der Waals surface area (Å²) in [4.78, 5) is 10.2. The number of hydrogen-bond donors (Lipinski definition) is 1. The lowest BCUT2D eigenvalue weighted by Crippen LogP contribution is -2.13. The van der Waals surface area contributed by atoms with Gasteiger partial charge < -0.3 is 10.6 Å². The molecule has 0 saturated heterocycles. The second kappa shape index (κ2) is 5.29. The van der Waals surface area contributed by atoms with E-state index in [1.54, 1.807) is 6.20 Å². The predicted octanol–water partition coefficient (Wildman–Crippen LogP) is 2.53. The summed E-state index contributed by atoms with van der Waals surface area (Å²) in [6, 6.07) is 7.55. The van der Waals surface area contributed by atoms with Gasteiger partial charge in [0.1, 0.15) is 16.3 Å². The third-order valence-corrected chi connectivity index (χ3v) is 3.01. The van der Waals surface area contributed by atoms with Crippen LogP contribution in [0, 0.1) is 0 Å². The van der Waals surface area contributed by atoms with E-state index >= 15 is 0 Å². The molecule has 0 fully saturated rings. The first-order valence-corrected chi connectivity index (χ1v) is 5.97. The molecule has 1 aromatic heterocycles. The quantitative estimate of drug-likeness (QED) is 0.875. The molecule has 2 N–H and O–H groups in total. The summed E-state index contributed by atoms with van der Waals surface area (Å²) in [5.74, 6) is 0.648. The molecule has 0 bridgehead atoms. The maximum absolute atomic E-state index is 6.04. The van der Waals surface area contributed by atoms with Gasteiger partial charge >= 0.3 is 0 Å². The van der Waals surface area contributed by atoms with Crippen molar-refractivity contribution in [1.82, 2.24) is 9.97 Å². The third kappa shape index (κ3) is 2.57. The van der Waals surface area contributed by atoms with Gasteiger partial charge in [0.05, 0.1) is 6.20 Å². The fraction of sp³-hybridized carbons (Fsp3) is 0.0833. The van der Waals surface area contributed by atoms with Crippen LogP contribution in [0.1, 0.15) is 5.56 Å². The van der Waals surface area contributed by atoms with Crippen LogP contribution in [0.5, 0.6) is 0 Å². The fourth-order valence-corrected chi connectivity index (χ4v) is 1.89. The largest absolute Gasteiger partial charge is 0.389 e. The molecule has 0 aliphatic heterocycles. The number of benzene rings is 1. The van der Waals surface area contributed by atoms with E-state index in [9.17, 15) is 0 Å². The van der Waals surface area contributed by atoms with Gasteiger partial charge in [0, 0.05) is 18.3 Å². The Morgan fingerprint density at radius 2 is 2.00 bits per heavy atom. The molecular formula is C12H11ClN4S. The zero-order valence-electron chi connectivity index (χ0n) is 9.67. The maximum atomic E-state index is 6.04. The van der Waals surface area contributed by atoms with E-state index < -0.39 is 0 Å². The number of nitrogens with two attached hydrogens (primary N) is 1. The Morgan fingerprint density at radius 1 is 1.33 bits per heavy atom. The van der Waals surface area contributed by atoms with E-state index in [0.717, 1.165) is 11.3 Å². The Balaban J connectivity index is 2.32. The Kier molecular flexibility index (Phi) is 3.74. The molecule has 1 aromatic carbocycles. The molecule has 0 aliphatic rings. The molecule has 0 atom stereocenters. The summed E-state index contributed by atoms with van der Waals surface area (Å²) in [7, 11) is 1.88. The standard InChI is InChI=1S/C12H11ClN4S/c1-17(12-10(13)6-15-7-16-12)9-4-2-8(3-5-9)11(14)18/h2-7H,1H3,(H2,14,18). The van der Waals surface area contributed by atoms with E-state index in [1.807, 2.05) is 36.2 Å². The molecule has 0 unspecified atom stereocenters. The molecule has 18 heavy (non-hydrogen) atoms. The van der Waals surface area contributed by atoms with Crippen molar-refractivity contribution in [1.29, 1.82) is 0 Å². The van der Waals surface area contributed by atoms with Gasteiger partial charge in [0.2, 0.25) is 0 Å². The minimum Gasteiger partial charge on any atom is -0.389 e. The summed E-state index contributed by atoms with van der Waals surface area (Å²) in [6.07, 6.45) is 3.02. The van der Waals surface area contributed by atoms with Gasteiger partial charge in [-0.3, -0.25) is 0 Å². The van der Waals surface area contributed by atoms with Crippen LogP contribution in [0.3, 0.4) is 0 Å². The normalized spacial score (nSPS) is 10.1. The Labute approximate surface area is 115 Å². The zero-order valence-corrected chi connectivity index (χ0v) is 11.2. The summed E-state index contributed by atoms with van der Waals surface area (Å²) >= 11 is 11.0. The summed E-state index contributed by atoms with van der Waals surface area (Å²) in [5, 5.41) is 0.499. The first kappa shape index (κ1) is 12.7. The molecule has 1 heterocycles. The maximum Gasteiger partial charge on any atom is 0.154 e. The predicted molar refractivity (Wildman–Crippen MR) is 77.4 cm³/mol. The number of halogens is 1. The van der Waals surface area contributed by atoms with E-state index in [-0.39, 0.29) is 0 Å². The van der Waals surface area contributed by atoms with Crippen molar-refractivity contribution in [2.75, 3.05) is 11.9 Å². The number of aromatic nitrogens is 2. The smallest absolute Gasteiger partial charge is 0.154 e. The summed E-state index contributed by atoms with van der Waals surface area (Å²) < 4.78 is 0. The number of nitrogens with zero attached hydrogens (tertiary/aromatic N) is 3. The van der Waals surface area contributed by atoms with Crippen LogP contribution in [0.2, 0.25) is 5.02 Å². The van der Waals surface area contributed by atoms with Crippen molar-refractivity contribution in [3.05, 3.63) is 47.4 Å². The Hall–Kier alpha value is -1.72. The number of thiocarbonyl (C=S) groups is 1. The minimum absolute atomic E-state index is 0.379. The first-order valence-electron chi connectivity index (χ1n) is 5.18. The lowest BCUT2D eigenvalue weighted by molar-refractivity contribution is 1.08. The second-order valence-electron chi connectivity index (χ2n) is 3.66. The third-order valence-electron chi connectivity index (χ3n) is 2.51. The highest BCUT2D eigenvalue weighted by molar-refractivity contribution is 7.80. The summed E-state index contributed by atoms with van der Waals surface area (Å²) in [6.45, 7) is 0. The molecular weight excluding hydrogens is 268 g/mol. The van der Waals surface area contributed by atoms with Gasteiger partial charge in [0.15, 0.2) is 5.82 Å². The molecule has 2 aromatic rings. The van der Waals surface area contributed by atoms with Crippen molar-refractivity contribution in [2.24, 2.45) is 5.73 Å². The van der Waals surface area contributed by atoms with E-state index in [2.05, 4.69) is 9.97 Å². The number of anilines is 2. The molecule has 0 amide bonds. The van der Waals surface area contributed by atoms with Crippen molar-refractivity contribution in [3.8, 4) is 0 Å². The average molecular weight is 279 g/mol. The highest BCUT2D eigenvalue weighted by Crippen LogP contribution is 2.27. The van der Waals surface area contributed by atoms with Gasteiger partial charge in [-0.25, -0.2) is 9.97 Å². The lowest BCUT2D eigenvalue weighted by atomic mass is 10.2. The number of rotatable bonds is 3. The molecule has 0 spiro atoms. The zero-order chi connectivity index (χ0) is 13.1. The molecule has 0 saturated carbocycles. The Morgan fingerprint density at radius 3 is 2.56 bits per heavy atom. The van der Waals surface area contributed by atoms with Crippen LogP contribution in [0.4, 0.5) is 11.5 Å². The van der Waals surface area contributed by atoms with Crippen molar-refractivity contribution in [3.63, 3.8) is 0 Å². The topological polar surface area (TPSA) is 55.0 Å². The monoisotopic (exact) mass is 278 g/mol. The first-order chi connectivity index (χ1) is 8.59.